The molecule has 0 spiro atoms. The lowest BCUT2D eigenvalue weighted by Crippen LogP contribution is -2.25. The van der Waals surface area contributed by atoms with E-state index in [2.05, 4.69) is 28.7 Å². The van der Waals surface area contributed by atoms with E-state index in [1.807, 2.05) is 25.2 Å². The Morgan fingerprint density at radius 1 is 1.41 bits per heavy atom. The van der Waals surface area contributed by atoms with Gasteiger partial charge in [-0.2, -0.15) is 0 Å². The Bertz CT molecular complexity index is 517. The van der Waals surface area contributed by atoms with Crippen molar-refractivity contribution in [3.05, 3.63) is 29.0 Å². The van der Waals surface area contributed by atoms with Gasteiger partial charge in [-0.25, -0.2) is 4.98 Å². The lowest BCUT2D eigenvalue weighted by atomic mass is 10.3. The molecule has 0 bridgehead atoms. The number of imidazole rings is 1. The van der Waals surface area contributed by atoms with Crippen LogP contribution in [0.3, 0.4) is 0 Å². The summed E-state index contributed by atoms with van der Waals surface area (Å²) >= 11 is 6.18. The molecule has 1 aromatic carbocycles. The molecule has 17 heavy (non-hydrogen) atoms. The highest BCUT2D eigenvalue weighted by Gasteiger charge is 2.09. The predicted octanol–water partition coefficient (Wildman–Crippen LogP) is 2.77. The lowest BCUT2D eigenvalue weighted by molar-refractivity contribution is 0.578. The Morgan fingerprint density at radius 2 is 2.18 bits per heavy atom. The molecule has 0 radical (unpaired) electrons. The maximum absolute atomic E-state index is 6.18. The van der Waals surface area contributed by atoms with E-state index >= 15 is 0 Å². The van der Waals surface area contributed by atoms with E-state index < -0.39 is 0 Å². The highest BCUT2D eigenvalue weighted by molar-refractivity contribution is 6.35. The van der Waals surface area contributed by atoms with Crippen LogP contribution in [-0.4, -0.2) is 22.1 Å². The summed E-state index contributed by atoms with van der Waals surface area (Å²) in [4.78, 5) is 4.61. The van der Waals surface area contributed by atoms with Crippen molar-refractivity contribution in [1.82, 2.24) is 14.9 Å². The zero-order chi connectivity index (χ0) is 12.4. The number of nitrogens with one attached hydrogen (secondary N) is 1. The van der Waals surface area contributed by atoms with Gasteiger partial charge in [0.25, 0.3) is 0 Å². The highest BCUT2D eigenvalue weighted by Crippen LogP contribution is 2.23. The van der Waals surface area contributed by atoms with Crippen molar-refractivity contribution < 1.29 is 0 Å². The zero-order valence-electron chi connectivity index (χ0n) is 10.5. The van der Waals surface area contributed by atoms with Gasteiger partial charge in [-0.3, -0.25) is 0 Å². The van der Waals surface area contributed by atoms with Crippen LogP contribution in [0.2, 0.25) is 5.02 Å². The summed E-state index contributed by atoms with van der Waals surface area (Å²) in [7, 11) is 2.02. The van der Waals surface area contributed by atoms with Crippen molar-refractivity contribution in [3.63, 3.8) is 0 Å². The third-order valence-electron chi connectivity index (χ3n) is 2.84. The van der Waals surface area contributed by atoms with Crippen LogP contribution in [0.1, 0.15) is 19.7 Å². The van der Waals surface area contributed by atoms with Gasteiger partial charge in [-0.1, -0.05) is 31.5 Å². The van der Waals surface area contributed by atoms with Gasteiger partial charge in [0.2, 0.25) is 0 Å². The lowest BCUT2D eigenvalue weighted by Gasteiger charge is -2.07. The molecule has 2 rings (SSSR count). The van der Waals surface area contributed by atoms with Crippen LogP contribution in [-0.2, 0) is 13.5 Å². The Morgan fingerprint density at radius 3 is 2.82 bits per heavy atom. The summed E-state index contributed by atoms with van der Waals surface area (Å²) in [5, 5.41) is 4.16. The van der Waals surface area contributed by atoms with E-state index in [1.54, 1.807) is 0 Å². The molecular formula is C13H18ClN3. The summed E-state index contributed by atoms with van der Waals surface area (Å²) in [5.74, 6) is 1.07. The van der Waals surface area contributed by atoms with Gasteiger partial charge in [0.05, 0.1) is 16.1 Å². The molecule has 1 aromatic heterocycles. The van der Waals surface area contributed by atoms with Crippen LogP contribution in [0.15, 0.2) is 18.2 Å². The quantitative estimate of drug-likeness (QED) is 0.906. The predicted molar refractivity (Wildman–Crippen MR) is 72.6 cm³/mol. The van der Waals surface area contributed by atoms with Gasteiger partial charge < -0.3 is 9.88 Å². The minimum atomic E-state index is 0.508. The number of aromatic nitrogens is 2. The van der Waals surface area contributed by atoms with E-state index in [-0.39, 0.29) is 0 Å². The van der Waals surface area contributed by atoms with E-state index in [1.165, 1.54) is 0 Å². The van der Waals surface area contributed by atoms with Crippen molar-refractivity contribution in [3.8, 4) is 0 Å². The fourth-order valence-electron chi connectivity index (χ4n) is 1.97. The molecule has 0 aliphatic heterocycles. The molecule has 0 atom stereocenters. The second-order valence-electron chi connectivity index (χ2n) is 4.55. The van der Waals surface area contributed by atoms with Crippen molar-refractivity contribution in [2.24, 2.45) is 7.05 Å². The normalized spacial score (nSPS) is 11.6. The minimum Gasteiger partial charge on any atom is -0.330 e. The third-order valence-corrected chi connectivity index (χ3v) is 3.14. The minimum absolute atomic E-state index is 0.508. The number of halogens is 1. The SMILES string of the molecule is CC(C)NCCc1nc2cccc(Cl)c2n1C. The van der Waals surface area contributed by atoms with Gasteiger partial charge in [0.1, 0.15) is 5.82 Å². The number of rotatable bonds is 4. The van der Waals surface area contributed by atoms with Crippen molar-refractivity contribution >= 4 is 22.6 Å². The maximum atomic E-state index is 6.18. The first-order chi connectivity index (χ1) is 8.09. The average molecular weight is 252 g/mol. The molecule has 0 aliphatic carbocycles. The van der Waals surface area contributed by atoms with Crippen LogP contribution >= 0.6 is 11.6 Å². The van der Waals surface area contributed by atoms with Crippen molar-refractivity contribution in [2.45, 2.75) is 26.3 Å². The maximum Gasteiger partial charge on any atom is 0.110 e. The molecule has 0 aliphatic rings. The molecular weight excluding hydrogens is 234 g/mol. The van der Waals surface area contributed by atoms with Crippen molar-refractivity contribution in [1.29, 1.82) is 0 Å². The molecule has 1 heterocycles. The largest absolute Gasteiger partial charge is 0.330 e. The number of hydrogen-bond donors (Lipinski definition) is 1. The molecule has 4 heteroatoms. The number of hydrogen-bond acceptors (Lipinski definition) is 2. The number of benzene rings is 1. The fourth-order valence-corrected chi connectivity index (χ4v) is 2.26. The second-order valence-corrected chi connectivity index (χ2v) is 4.96. The third kappa shape index (κ3) is 2.61. The van der Waals surface area contributed by atoms with Gasteiger partial charge in [-0.05, 0) is 12.1 Å². The Balaban J connectivity index is 2.24. The van der Waals surface area contributed by atoms with E-state index in [4.69, 9.17) is 11.6 Å². The summed E-state index contributed by atoms with van der Waals surface area (Å²) in [5.41, 5.74) is 1.99. The average Bonchev–Trinajstić information content (AvgIpc) is 2.57. The summed E-state index contributed by atoms with van der Waals surface area (Å²) in [6.45, 7) is 5.23. The standard InChI is InChI=1S/C13H18ClN3/c1-9(2)15-8-7-12-16-11-6-4-5-10(14)13(11)17(12)3/h4-6,9,15H,7-8H2,1-3H3. The van der Waals surface area contributed by atoms with Crippen LogP contribution in [0.25, 0.3) is 11.0 Å². The number of aryl methyl sites for hydroxylation is 1. The Hall–Kier alpha value is -1.06. The van der Waals surface area contributed by atoms with E-state index in [0.29, 0.717) is 6.04 Å². The number of para-hydroxylation sites is 1. The molecule has 92 valence electrons. The highest BCUT2D eigenvalue weighted by atomic mass is 35.5. The molecule has 1 N–H and O–H groups in total. The summed E-state index contributed by atoms with van der Waals surface area (Å²) in [6, 6.07) is 6.35. The van der Waals surface area contributed by atoms with Crippen molar-refractivity contribution in [2.75, 3.05) is 6.54 Å². The number of nitrogens with zero attached hydrogens (tertiary/aromatic N) is 2. The van der Waals surface area contributed by atoms with Crippen LogP contribution in [0, 0.1) is 0 Å². The van der Waals surface area contributed by atoms with Crippen LogP contribution in [0.4, 0.5) is 0 Å². The second kappa shape index (κ2) is 5.07. The molecule has 0 fully saturated rings. The topological polar surface area (TPSA) is 29.9 Å². The zero-order valence-corrected chi connectivity index (χ0v) is 11.3. The molecule has 2 aromatic rings. The summed E-state index contributed by atoms with van der Waals surface area (Å²) < 4.78 is 2.08. The first kappa shape index (κ1) is 12.4. The first-order valence-electron chi connectivity index (χ1n) is 5.93. The molecule has 0 saturated heterocycles. The van der Waals surface area contributed by atoms with E-state index in [0.717, 1.165) is 34.8 Å². The Kier molecular flexibility index (Phi) is 3.69. The Labute approximate surface area is 107 Å². The smallest absolute Gasteiger partial charge is 0.110 e. The first-order valence-corrected chi connectivity index (χ1v) is 6.30. The van der Waals surface area contributed by atoms with Gasteiger partial charge in [-0.15, -0.1) is 0 Å². The molecule has 0 unspecified atom stereocenters. The molecule has 0 saturated carbocycles. The van der Waals surface area contributed by atoms with Gasteiger partial charge in [0, 0.05) is 26.1 Å². The van der Waals surface area contributed by atoms with Gasteiger partial charge >= 0.3 is 0 Å². The van der Waals surface area contributed by atoms with Crippen LogP contribution < -0.4 is 5.32 Å². The molecule has 0 amide bonds. The number of fused-ring (bicyclic) bond motifs is 1. The fraction of sp³-hybridized carbons (Fsp3) is 0.462. The monoisotopic (exact) mass is 251 g/mol. The molecule has 3 nitrogen and oxygen atoms in total. The summed E-state index contributed by atoms with van der Waals surface area (Å²) in [6.07, 6.45) is 0.916. The van der Waals surface area contributed by atoms with Crippen LogP contribution in [0.5, 0.6) is 0 Å². The van der Waals surface area contributed by atoms with Gasteiger partial charge in [0.15, 0.2) is 0 Å². The van der Waals surface area contributed by atoms with E-state index in [9.17, 15) is 0 Å².